The minimum Gasteiger partial charge on any atom is -0.357 e. The van der Waals surface area contributed by atoms with Crippen molar-refractivity contribution in [3.63, 3.8) is 0 Å². The first-order valence-corrected chi connectivity index (χ1v) is 10.1. The number of hydrogen-bond acceptors (Lipinski definition) is 3. The Hall–Kier alpha value is -1.61. The highest BCUT2D eigenvalue weighted by Gasteiger charge is 2.25. The van der Waals surface area contributed by atoms with Gasteiger partial charge in [0, 0.05) is 57.7 Å². The summed E-state index contributed by atoms with van der Waals surface area (Å²) >= 11 is 0. The summed E-state index contributed by atoms with van der Waals surface area (Å²) in [5.74, 6) is 1.03. The van der Waals surface area contributed by atoms with Gasteiger partial charge in [-0.2, -0.15) is 0 Å². The lowest BCUT2D eigenvalue weighted by Crippen LogP contribution is -2.53. The fourth-order valence-electron chi connectivity index (χ4n) is 3.74. The predicted molar refractivity (Wildman–Crippen MR) is 126 cm³/mol. The van der Waals surface area contributed by atoms with Crippen LogP contribution in [0.5, 0.6) is 0 Å². The monoisotopic (exact) mass is 496 g/mol. The minimum atomic E-state index is 0. The van der Waals surface area contributed by atoms with Gasteiger partial charge >= 0.3 is 0 Å². The topological polar surface area (TPSA) is 48.7 Å². The van der Waals surface area contributed by atoms with E-state index in [1.165, 1.54) is 5.56 Å². The third kappa shape index (κ3) is 6.20. The van der Waals surface area contributed by atoms with Gasteiger partial charge in [-0.15, -0.1) is 24.0 Å². The molecule has 2 aromatic rings. The first-order chi connectivity index (χ1) is 13.3. The van der Waals surface area contributed by atoms with Crippen LogP contribution in [0.1, 0.15) is 31.9 Å². The lowest BCUT2D eigenvalue weighted by molar-refractivity contribution is 0.127. The molecule has 3 rings (SSSR count). The predicted octanol–water partition coefficient (Wildman–Crippen LogP) is 3.24. The van der Waals surface area contributed by atoms with Crippen molar-refractivity contribution in [3.05, 3.63) is 54.6 Å². The van der Waals surface area contributed by atoms with Crippen LogP contribution in [0.2, 0.25) is 0 Å². The molecule has 1 unspecified atom stereocenters. The van der Waals surface area contributed by atoms with Crippen LogP contribution in [-0.4, -0.2) is 64.6 Å². The quantitative estimate of drug-likeness (QED) is 0.364. The number of piperazine rings is 1. The lowest BCUT2D eigenvalue weighted by atomic mass is 10.0. The molecule has 154 valence electrons. The van der Waals surface area contributed by atoms with Crippen molar-refractivity contribution in [2.45, 2.75) is 32.9 Å². The number of hydrogen-bond donors (Lipinski definition) is 1. The number of nitrogens with zero attached hydrogens (tertiary/aromatic N) is 5. The smallest absolute Gasteiger partial charge is 0.194 e. The van der Waals surface area contributed by atoms with Crippen LogP contribution in [0, 0.1) is 0 Å². The van der Waals surface area contributed by atoms with E-state index in [4.69, 9.17) is 4.99 Å². The zero-order chi connectivity index (χ0) is 18.9. The average molecular weight is 496 g/mol. The van der Waals surface area contributed by atoms with Crippen LogP contribution in [0.25, 0.3) is 0 Å². The van der Waals surface area contributed by atoms with Crippen LogP contribution < -0.4 is 5.32 Å². The summed E-state index contributed by atoms with van der Waals surface area (Å²) < 4.78 is 2.07. The molecular weight excluding hydrogens is 463 g/mol. The summed E-state index contributed by atoms with van der Waals surface area (Å²) in [5.41, 5.74) is 1.43. The maximum absolute atomic E-state index is 4.82. The summed E-state index contributed by atoms with van der Waals surface area (Å²) in [6.07, 6.45) is 6.78. The Morgan fingerprint density at radius 3 is 2.50 bits per heavy atom. The molecule has 0 saturated carbocycles. The maximum Gasteiger partial charge on any atom is 0.194 e. The van der Waals surface area contributed by atoms with E-state index < -0.39 is 0 Å². The molecular formula is C21H33IN6. The molecule has 0 bridgehead atoms. The molecule has 1 aliphatic heterocycles. The van der Waals surface area contributed by atoms with E-state index in [0.29, 0.717) is 6.04 Å². The first kappa shape index (κ1) is 22.7. The van der Waals surface area contributed by atoms with Crippen molar-refractivity contribution >= 4 is 29.9 Å². The summed E-state index contributed by atoms with van der Waals surface area (Å²) in [5, 5.41) is 3.45. The van der Waals surface area contributed by atoms with Crippen molar-refractivity contribution in [1.82, 2.24) is 24.7 Å². The van der Waals surface area contributed by atoms with Crippen LogP contribution in [-0.2, 0) is 6.54 Å². The van der Waals surface area contributed by atoms with Crippen LogP contribution >= 0.6 is 24.0 Å². The number of guanidine groups is 1. The van der Waals surface area contributed by atoms with Crippen molar-refractivity contribution < 1.29 is 0 Å². The molecule has 1 aliphatic rings. The molecule has 1 fully saturated rings. The van der Waals surface area contributed by atoms with Gasteiger partial charge in [-0.3, -0.25) is 9.89 Å². The Kier molecular flexibility index (Phi) is 9.77. The van der Waals surface area contributed by atoms with Gasteiger partial charge < -0.3 is 14.8 Å². The Bertz CT molecular complexity index is 680. The Balaban J connectivity index is 0.00000280. The number of aromatic nitrogens is 2. The van der Waals surface area contributed by atoms with Gasteiger partial charge in [-0.25, -0.2) is 4.98 Å². The van der Waals surface area contributed by atoms with E-state index in [9.17, 15) is 0 Å². The van der Waals surface area contributed by atoms with Gasteiger partial charge in [-0.05, 0) is 18.9 Å². The molecule has 0 spiro atoms. The lowest BCUT2D eigenvalue weighted by Gasteiger charge is -2.40. The van der Waals surface area contributed by atoms with Crippen LogP contribution in [0.15, 0.2) is 54.0 Å². The van der Waals surface area contributed by atoms with E-state index in [0.717, 1.165) is 58.2 Å². The van der Waals surface area contributed by atoms with Gasteiger partial charge in [0.2, 0.25) is 0 Å². The summed E-state index contributed by atoms with van der Waals surface area (Å²) in [6.45, 7) is 11.1. The third-order valence-electron chi connectivity index (χ3n) is 5.14. The molecule has 1 aromatic carbocycles. The fourth-order valence-corrected chi connectivity index (χ4v) is 3.74. The molecule has 1 N–H and O–H groups in total. The number of rotatable bonds is 7. The van der Waals surface area contributed by atoms with E-state index in [2.05, 4.69) is 68.8 Å². The number of imidazole rings is 1. The van der Waals surface area contributed by atoms with Gasteiger partial charge in [0.25, 0.3) is 0 Å². The van der Waals surface area contributed by atoms with Gasteiger partial charge in [-0.1, -0.05) is 37.3 Å². The molecule has 0 radical (unpaired) electrons. The molecule has 28 heavy (non-hydrogen) atoms. The van der Waals surface area contributed by atoms with Crippen molar-refractivity contribution in [1.29, 1.82) is 0 Å². The molecule has 0 amide bonds. The largest absolute Gasteiger partial charge is 0.357 e. The van der Waals surface area contributed by atoms with E-state index in [-0.39, 0.29) is 24.0 Å². The summed E-state index contributed by atoms with van der Waals surface area (Å²) in [7, 11) is 0. The third-order valence-corrected chi connectivity index (χ3v) is 5.14. The molecule has 7 heteroatoms. The van der Waals surface area contributed by atoms with Crippen molar-refractivity contribution in [2.75, 3.05) is 39.3 Å². The van der Waals surface area contributed by atoms with Crippen molar-refractivity contribution in [3.8, 4) is 0 Å². The first-order valence-electron chi connectivity index (χ1n) is 10.1. The average Bonchev–Trinajstić information content (AvgIpc) is 3.23. The molecule has 1 aromatic heterocycles. The molecule has 1 atom stereocenters. The number of nitrogens with one attached hydrogen (secondary N) is 1. The second kappa shape index (κ2) is 12.1. The van der Waals surface area contributed by atoms with E-state index in [1.807, 2.05) is 18.7 Å². The van der Waals surface area contributed by atoms with E-state index >= 15 is 0 Å². The molecule has 2 heterocycles. The summed E-state index contributed by atoms with van der Waals surface area (Å²) in [4.78, 5) is 13.9. The van der Waals surface area contributed by atoms with Gasteiger partial charge in [0.1, 0.15) is 0 Å². The van der Waals surface area contributed by atoms with Crippen LogP contribution in [0.4, 0.5) is 0 Å². The molecule has 1 saturated heterocycles. The highest BCUT2D eigenvalue weighted by molar-refractivity contribution is 14.0. The second-order valence-corrected chi connectivity index (χ2v) is 6.89. The number of benzene rings is 1. The maximum atomic E-state index is 4.82. The molecule has 0 aliphatic carbocycles. The number of halogens is 1. The summed E-state index contributed by atoms with van der Waals surface area (Å²) in [6, 6.07) is 11.4. The second-order valence-electron chi connectivity index (χ2n) is 6.89. The van der Waals surface area contributed by atoms with Crippen molar-refractivity contribution in [2.24, 2.45) is 4.99 Å². The Labute approximate surface area is 186 Å². The highest BCUT2D eigenvalue weighted by Crippen LogP contribution is 2.25. The standard InChI is InChI=1S/C21H32N6.HI/c1-3-20(19-8-6-5-7-9-19)26-14-16-27(17-15-26)21(23-4-2)24-11-13-25-12-10-22-18-25;/h5-10,12,18,20H,3-4,11,13-17H2,1-2H3,(H,23,24);1H. The Morgan fingerprint density at radius 1 is 1.14 bits per heavy atom. The fraction of sp³-hybridized carbons (Fsp3) is 0.524. The van der Waals surface area contributed by atoms with E-state index in [1.54, 1.807) is 0 Å². The zero-order valence-corrected chi connectivity index (χ0v) is 19.3. The Morgan fingerprint density at radius 2 is 1.89 bits per heavy atom. The minimum absolute atomic E-state index is 0. The van der Waals surface area contributed by atoms with Crippen LogP contribution in [0.3, 0.4) is 0 Å². The normalized spacial score (nSPS) is 16.5. The SMILES string of the molecule is CCNC(=NCCn1ccnc1)N1CCN(C(CC)c2ccccc2)CC1.I. The molecule has 6 nitrogen and oxygen atoms in total. The highest BCUT2D eigenvalue weighted by atomic mass is 127. The zero-order valence-electron chi connectivity index (χ0n) is 17.0. The van der Waals surface area contributed by atoms with Gasteiger partial charge in [0.15, 0.2) is 5.96 Å². The van der Waals surface area contributed by atoms with Gasteiger partial charge in [0.05, 0.1) is 12.9 Å². The number of aliphatic imine (C=N–C) groups is 1.